The molecule has 1 aromatic carbocycles. The van der Waals surface area contributed by atoms with Crippen molar-refractivity contribution in [3.8, 4) is 0 Å². The monoisotopic (exact) mass is 343 g/mol. The zero-order chi connectivity index (χ0) is 18.0. The van der Waals surface area contributed by atoms with Crippen molar-refractivity contribution in [2.45, 2.75) is 51.5 Å². The van der Waals surface area contributed by atoms with Crippen LogP contribution in [-0.2, 0) is 0 Å². The maximum Gasteiger partial charge on any atom is 0.335 e. The van der Waals surface area contributed by atoms with Crippen LogP contribution in [0.15, 0.2) is 28.8 Å². The van der Waals surface area contributed by atoms with Crippen LogP contribution in [-0.4, -0.2) is 39.2 Å². The normalized spacial score (nSPS) is 17.8. The van der Waals surface area contributed by atoms with Crippen molar-refractivity contribution in [3.05, 3.63) is 47.1 Å². The fourth-order valence-corrected chi connectivity index (χ4v) is 3.45. The maximum absolute atomic E-state index is 11.4. The molecule has 0 radical (unpaired) electrons. The SMILES string of the molecule is CC(C)c1noc(C(C)N2CCC(c3ccccc3C(=O)O)CC2)n1. The number of hydrogen-bond donors (Lipinski definition) is 1. The standard InChI is InChI=1S/C19H25N3O3/c1-12(2)17-20-18(25-21-17)13(3)22-10-8-14(9-11-22)15-6-4-5-7-16(15)19(23)24/h4-7,12-14H,8-11H2,1-3H3,(H,23,24). The zero-order valence-corrected chi connectivity index (χ0v) is 15.0. The summed E-state index contributed by atoms with van der Waals surface area (Å²) in [5.74, 6) is 1.09. The number of rotatable bonds is 5. The number of hydrogen-bond acceptors (Lipinski definition) is 5. The Hall–Kier alpha value is -2.21. The Labute approximate surface area is 147 Å². The molecule has 6 heteroatoms. The van der Waals surface area contributed by atoms with Crippen molar-refractivity contribution in [2.24, 2.45) is 0 Å². The zero-order valence-electron chi connectivity index (χ0n) is 15.0. The first-order valence-electron chi connectivity index (χ1n) is 8.87. The fraction of sp³-hybridized carbons (Fsp3) is 0.526. The largest absolute Gasteiger partial charge is 0.478 e. The molecule has 1 saturated heterocycles. The Bertz CT molecular complexity index is 733. The number of nitrogens with zero attached hydrogens (tertiary/aromatic N) is 3. The molecule has 134 valence electrons. The summed E-state index contributed by atoms with van der Waals surface area (Å²) in [6.07, 6.45) is 1.86. The van der Waals surface area contributed by atoms with Gasteiger partial charge in [-0.1, -0.05) is 37.2 Å². The van der Waals surface area contributed by atoms with Crippen LogP contribution >= 0.6 is 0 Å². The average Bonchev–Trinajstić information content (AvgIpc) is 3.11. The molecule has 1 aromatic heterocycles. The molecule has 1 N–H and O–H groups in total. The summed E-state index contributed by atoms with van der Waals surface area (Å²) in [4.78, 5) is 18.3. The highest BCUT2D eigenvalue weighted by molar-refractivity contribution is 5.89. The van der Waals surface area contributed by atoms with Gasteiger partial charge < -0.3 is 9.63 Å². The third-order valence-electron chi connectivity index (χ3n) is 5.04. The minimum Gasteiger partial charge on any atom is -0.478 e. The Balaban J connectivity index is 1.66. The molecule has 1 fully saturated rings. The number of piperidine rings is 1. The third kappa shape index (κ3) is 3.74. The fourth-order valence-electron chi connectivity index (χ4n) is 3.45. The lowest BCUT2D eigenvalue weighted by Crippen LogP contribution is -2.35. The molecule has 2 heterocycles. The molecular formula is C19H25N3O3. The van der Waals surface area contributed by atoms with Gasteiger partial charge >= 0.3 is 5.97 Å². The van der Waals surface area contributed by atoms with Gasteiger partial charge in [-0.3, -0.25) is 4.90 Å². The molecule has 3 rings (SSSR count). The minimum atomic E-state index is -0.849. The number of aromatic carboxylic acids is 1. The number of carbonyl (C=O) groups is 1. The highest BCUT2D eigenvalue weighted by Gasteiger charge is 2.29. The van der Waals surface area contributed by atoms with E-state index in [0.717, 1.165) is 37.3 Å². The van der Waals surface area contributed by atoms with E-state index < -0.39 is 5.97 Å². The Morgan fingerprint density at radius 3 is 2.52 bits per heavy atom. The minimum absolute atomic E-state index is 0.0793. The number of likely N-dealkylation sites (tertiary alicyclic amines) is 1. The first kappa shape index (κ1) is 17.6. The van der Waals surface area contributed by atoms with Crippen LogP contribution in [0.1, 0.15) is 79.1 Å². The van der Waals surface area contributed by atoms with E-state index in [1.165, 1.54) is 0 Å². The molecule has 0 spiro atoms. The van der Waals surface area contributed by atoms with E-state index in [2.05, 4.69) is 22.0 Å². The van der Waals surface area contributed by atoms with Crippen LogP contribution in [0.2, 0.25) is 0 Å². The van der Waals surface area contributed by atoms with Gasteiger partial charge in [0.1, 0.15) is 0 Å². The van der Waals surface area contributed by atoms with E-state index in [-0.39, 0.29) is 17.9 Å². The van der Waals surface area contributed by atoms with Crippen LogP contribution in [0.5, 0.6) is 0 Å². The molecule has 0 amide bonds. The lowest BCUT2D eigenvalue weighted by molar-refractivity contribution is 0.0693. The Morgan fingerprint density at radius 2 is 1.92 bits per heavy atom. The van der Waals surface area contributed by atoms with Crippen LogP contribution in [0.3, 0.4) is 0 Å². The van der Waals surface area contributed by atoms with E-state index >= 15 is 0 Å². The summed E-state index contributed by atoms with van der Waals surface area (Å²) in [6, 6.07) is 7.42. The van der Waals surface area contributed by atoms with Gasteiger partial charge in [0.2, 0.25) is 5.89 Å². The molecule has 1 atom stereocenters. The second-order valence-corrected chi connectivity index (χ2v) is 7.02. The number of aromatic nitrogens is 2. The smallest absolute Gasteiger partial charge is 0.335 e. The van der Waals surface area contributed by atoms with E-state index in [0.29, 0.717) is 11.5 Å². The Morgan fingerprint density at radius 1 is 1.24 bits per heavy atom. The predicted octanol–water partition coefficient (Wildman–Crippen LogP) is 3.83. The van der Waals surface area contributed by atoms with Gasteiger partial charge in [0.05, 0.1) is 11.6 Å². The number of benzene rings is 1. The quantitative estimate of drug-likeness (QED) is 0.889. The second-order valence-electron chi connectivity index (χ2n) is 7.02. The van der Waals surface area contributed by atoms with E-state index in [1.807, 2.05) is 26.0 Å². The van der Waals surface area contributed by atoms with Crippen LogP contribution < -0.4 is 0 Å². The van der Waals surface area contributed by atoms with Crippen molar-refractivity contribution in [3.63, 3.8) is 0 Å². The molecular weight excluding hydrogens is 318 g/mol. The topological polar surface area (TPSA) is 79.5 Å². The molecule has 0 saturated carbocycles. The first-order chi connectivity index (χ1) is 12.0. The van der Waals surface area contributed by atoms with Crippen molar-refractivity contribution in [1.82, 2.24) is 15.0 Å². The van der Waals surface area contributed by atoms with E-state index in [4.69, 9.17) is 4.52 Å². The van der Waals surface area contributed by atoms with Gasteiger partial charge in [0, 0.05) is 5.92 Å². The summed E-state index contributed by atoms with van der Waals surface area (Å²) < 4.78 is 5.42. The molecule has 1 aliphatic rings. The molecule has 2 aromatic rings. The van der Waals surface area contributed by atoms with Crippen molar-refractivity contribution < 1.29 is 14.4 Å². The molecule has 0 aliphatic carbocycles. The molecule has 25 heavy (non-hydrogen) atoms. The second kappa shape index (κ2) is 7.35. The predicted molar refractivity (Wildman–Crippen MR) is 93.8 cm³/mol. The third-order valence-corrected chi connectivity index (χ3v) is 5.04. The van der Waals surface area contributed by atoms with Gasteiger partial charge in [-0.2, -0.15) is 4.98 Å². The van der Waals surface area contributed by atoms with Crippen molar-refractivity contribution in [1.29, 1.82) is 0 Å². The number of carboxylic acids is 1. The van der Waals surface area contributed by atoms with Gasteiger partial charge in [-0.05, 0) is 50.4 Å². The van der Waals surface area contributed by atoms with Crippen LogP contribution in [0.25, 0.3) is 0 Å². The Kier molecular flexibility index (Phi) is 5.18. The summed E-state index contributed by atoms with van der Waals surface area (Å²) >= 11 is 0. The van der Waals surface area contributed by atoms with Gasteiger partial charge in [0.15, 0.2) is 5.82 Å². The lowest BCUT2D eigenvalue weighted by Gasteiger charge is -2.35. The molecule has 1 aliphatic heterocycles. The lowest BCUT2D eigenvalue weighted by atomic mass is 9.86. The maximum atomic E-state index is 11.4. The van der Waals surface area contributed by atoms with Gasteiger partial charge in [0.25, 0.3) is 0 Å². The average molecular weight is 343 g/mol. The van der Waals surface area contributed by atoms with E-state index in [1.54, 1.807) is 12.1 Å². The summed E-state index contributed by atoms with van der Waals surface area (Å²) in [6.45, 7) is 7.96. The summed E-state index contributed by atoms with van der Waals surface area (Å²) in [5.41, 5.74) is 1.37. The van der Waals surface area contributed by atoms with Crippen molar-refractivity contribution in [2.75, 3.05) is 13.1 Å². The first-order valence-corrected chi connectivity index (χ1v) is 8.87. The highest BCUT2D eigenvalue weighted by atomic mass is 16.5. The van der Waals surface area contributed by atoms with Crippen molar-refractivity contribution >= 4 is 5.97 Å². The molecule has 1 unspecified atom stereocenters. The van der Waals surface area contributed by atoms with Gasteiger partial charge in [-0.15, -0.1) is 0 Å². The van der Waals surface area contributed by atoms with Gasteiger partial charge in [-0.25, -0.2) is 4.79 Å². The molecule has 6 nitrogen and oxygen atoms in total. The molecule has 0 bridgehead atoms. The van der Waals surface area contributed by atoms with Crippen LogP contribution in [0, 0.1) is 0 Å². The van der Waals surface area contributed by atoms with Crippen LogP contribution in [0.4, 0.5) is 0 Å². The summed E-state index contributed by atoms with van der Waals surface area (Å²) in [5, 5.41) is 13.4. The van der Waals surface area contributed by atoms with E-state index in [9.17, 15) is 9.90 Å². The summed E-state index contributed by atoms with van der Waals surface area (Å²) in [7, 11) is 0. The highest BCUT2D eigenvalue weighted by Crippen LogP contribution is 2.33. The number of carboxylic acid groups (broad SMARTS) is 1.